The maximum Gasteiger partial charge on any atom is 0.410 e. The van der Waals surface area contributed by atoms with Gasteiger partial charge in [0.15, 0.2) is 5.82 Å². The Morgan fingerprint density at radius 3 is 2.58 bits per heavy atom. The first-order valence-corrected chi connectivity index (χ1v) is 11.6. The minimum Gasteiger partial charge on any atom is -0.492 e. The minimum absolute atomic E-state index is 0.244. The summed E-state index contributed by atoms with van der Waals surface area (Å²) >= 11 is 0. The topological polar surface area (TPSA) is 77.0 Å². The smallest absolute Gasteiger partial charge is 0.410 e. The summed E-state index contributed by atoms with van der Waals surface area (Å²) < 4.78 is 17.0. The van der Waals surface area contributed by atoms with Crippen LogP contribution in [0.15, 0.2) is 42.6 Å². The number of likely N-dealkylation sites (tertiary alicyclic amines) is 1. The second-order valence-corrected chi connectivity index (χ2v) is 9.30. The lowest BCUT2D eigenvalue weighted by Crippen LogP contribution is -2.47. The van der Waals surface area contributed by atoms with Crippen molar-refractivity contribution in [3.8, 4) is 5.75 Å². The van der Waals surface area contributed by atoms with Crippen LogP contribution in [-0.2, 0) is 16.1 Å². The number of anilines is 1. The maximum absolute atomic E-state index is 12.3. The first-order valence-electron chi connectivity index (χ1n) is 11.6. The number of ether oxygens (including phenoxy) is 3. The number of benzene rings is 1. The van der Waals surface area contributed by atoms with Crippen molar-refractivity contribution >= 4 is 11.9 Å². The highest BCUT2D eigenvalue weighted by atomic mass is 16.6. The molecule has 8 heteroatoms. The van der Waals surface area contributed by atoms with Crippen molar-refractivity contribution in [1.82, 2.24) is 15.1 Å². The molecule has 3 rings (SSSR count). The summed E-state index contributed by atoms with van der Waals surface area (Å²) in [6.45, 7) is 8.78. The largest absolute Gasteiger partial charge is 0.492 e. The number of hydrogen-bond acceptors (Lipinski definition) is 7. The van der Waals surface area contributed by atoms with E-state index in [4.69, 9.17) is 14.2 Å². The molecule has 0 aliphatic carbocycles. The van der Waals surface area contributed by atoms with Gasteiger partial charge in [-0.3, -0.25) is 0 Å². The molecule has 0 bridgehead atoms. The zero-order valence-corrected chi connectivity index (χ0v) is 20.2. The van der Waals surface area contributed by atoms with Gasteiger partial charge < -0.3 is 24.0 Å². The van der Waals surface area contributed by atoms with E-state index >= 15 is 0 Å². The SMILES string of the molecule is CN(c1cc(OCCCOCc2ccccc2)cnn1)C1CCN(C(=O)OC(C)(C)C)CC1. The number of piperidine rings is 1. The van der Waals surface area contributed by atoms with E-state index in [2.05, 4.69) is 27.2 Å². The van der Waals surface area contributed by atoms with Gasteiger partial charge in [0.1, 0.15) is 11.4 Å². The van der Waals surface area contributed by atoms with Gasteiger partial charge in [0.2, 0.25) is 0 Å². The summed E-state index contributed by atoms with van der Waals surface area (Å²) in [6.07, 6.45) is 3.88. The fourth-order valence-electron chi connectivity index (χ4n) is 3.65. The molecule has 1 aliphatic heterocycles. The molecule has 180 valence electrons. The molecule has 0 N–H and O–H groups in total. The normalized spacial score (nSPS) is 14.7. The molecule has 1 saturated heterocycles. The van der Waals surface area contributed by atoms with Gasteiger partial charge in [-0.25, -0.2) is 4.79 Å². The second kappa shape index (κ2) is 11.8. The second-order valence-electron chi connectivity index (χ2n) is 9.30. The van der Waals surface area contributed by atoms with Gasteiger partial charge in [-0.15, -0.1) is 5.10 Å². The van der Waals surface area contributed by atoms with Crippen molar-refractivity contribution in [3.63, 3.8) is 0 Å². The average molecular weight is 457 g/mol. The zero-order chi connectivity index (χ0) is 23.7. The van der Waals surface area contributed by atoms with Gasteiger partial charge >= 0.3 is 6.09 Å². The molecular weight excluding hydrogens is 420 g/mol. The molecule has 2 aromatic rings. The Balaban J connectivity index is 1.39. The fourth-order valence-corrected chi connectivity index (χ4v) is 3.65. The molecule has 33 heavy (non-hydrogen) atoms. The van der Waals surface area contributed by atoms with Crippen molar-refractivity contribution < 1.29 is 19.0 Å². The quantitative estimate of drug-likeness (QED) is 0.521. The lowest BCUT2D eigenvalue weighted by molar-refractivity contribution is 0.0205. The summed E-state index contributed by atoms with van der Waals surface area (Å²) in [4.78, 5) is 16.2. The van der Waals surface area contributed by atoms with Gasteiger partial charge in [-0.2, -0.15) is 5.10 Å². The van der Waals surface area contributed by atoms with Crippen LogP contribution < -0.4 is 9.64 Å². The summed E-state index contributed by atoms with van der Waals surface area (Å²) in [5.41, 5.74) is 0.691. The Kier molecular flexibility index (Phi) is 8.88. The van der Waals surface area contributed by atoms with E-state index in [1.54, 1.807) is 11.1 Å². The van der Waals surface area contributed by atoms with E-state index in [0.717, 1.165) is 25.1 Å². The molecule has 0 spiro atoms. The third-order valence-corrected chi connectivity index (χ3v) is 5.46. The van der Waals surface area contributed by atoms with Crippen LogP contribution >= 0.6 is 0 Å². The van der Waals surface area contributed by atoms with Crippen molar-refractivity contribution in [3.05, 3.63) is 48.2 Å². The Hall–Kier alpha value is -2.87. The van der Waals surface area contributed by atoms with E-state index in [-0.39, 0.29) is 12.1 Å². The van der Waals surface area contributed by atoms with Crippen LogP contribution in [0.4, 0.5) is 10.6 Å². The van der Waals surface area contributed by atoms with E-state index in [1.807, 2.05) is 52.1 Å². The van der Waals surface area contributed by atoms with Crippen LogP contribution in [0.3, 0.4) is 0 Å². The predicted octanol–water partition coefficient (Wildman–Crippen LogP) is 4.30. The Labute approximate surface area is 196 Å². The van der Waals surface area contributed by atoms with Crippen LogP contribution in [-0.4, -0.2) is 66.2 Å². The summed E-state index contributed by atoms with van der Waals surface area (Å²) in [7, 11) is 2.01. The lowest BCUT2D eigenvalue weighted by atomic mass is 10.0. The van der Waals surface area contributed by atoms with E-state index < -0.39 is 5.60 Å². The van der Waals surface area contributed by atoms with Crippen LogP contribution in [0.1, 0.15) is 45.6 Å². The maximum atomic E-state index is 12.3. The molecule has 0 unspecified atom stereocenters. The van der Waals surface area contributed by atoms with E-state index in [9.17, 15) is 4.79 Å². The highest BCUT2D eigenvalue weighted by Gasteiger charge is 2.29. The molecular formula is C25H36N4O4. The number of amides is 1. The zero-order valence-electron chi connectivity index (χ0n) is 20.2. The Morgan fingerprint density at radius 2 is 1.88 bits per heavy atom. The van der Waals surface area contributed by atoms with Crippen molar-refractivity contribution in [2.75, 3.05) is 38.3 Å². The molecule has 0 atom stereocenters. The molecule has 0 radical (unpaired) electrons. The molecule has 1 aromatic heterocycles. The summed E-state index contributed by atoms with van der Waals surface area (Å²) in [5.74, 6) is 1.46. The summed E-state index contributed by atoms with van der Waals surface area (Å²) in [6, 6.07) is 12.3. The monoisotopic (exact) mass is 456 g/mol. The molecule has 2 heterocycles. The molecule has 1 aliphatic rings. The van der Waals surface area contributed by atoms with Crippen LogP contribution in [0.2, 0.25) is 0 Å². The van der Waals surface area contributed by atoms with E-state index in [0.29, 0.717) is 38.7 Å². The molecule has 0 saturated carbocycles. The van der Waals surface area contributed by atoms with Crippen molar-refractivity contribution in [2.45, 2.75) is 58.3 Å². The van der Waals surface area contributed by atoms with Gasteiger partial charge in [0.25, 0.3) is 0 Å². The molecule has 1 amide bonds. The van der Waals surface area contributed by atoms with Crippen molar-refractivity contribution in [2.24, 2.45) is 0 Å². The number of carbonyl (C=O) groups excluding carboxylic acids is 1. The molecule has 1 aromatic carbocycles. The Bertz CT molecular complexity index is 864. The van der Waals surface area contributed by atoms with Gasteiger partial charge in [-0.1, -0.05) is 30.3 Å². The standard InChI is InChI=1S/C25H36N4O4/c1-25(2,3)33-24(30)29-13-11-21(12-14-29)28(4)23-17-22(18-26-27-23)32-16-8-15-31-19-20-9-6-5-7-10-20/h5-7,9-10,17-18,21H,8,11-16,19H2,1-4H3. The fraction of sp³-hybridized carbons (Fsp3) is 0.560. The lowest BCUT2D eigenvalue weighted by Gasteiger charge is -2.37. The molecule has 1 fully saturated rings. The van der Waals surface area contributed by atoms with E-state index in [1.165, 1.54) is 5.56 Å². The predicted molar refractivity (Wildman–Crippen MR) is 127 cm³/mol. The Morgan fingerprint density at radius 1 is 1.15 bits per heavy atom. The number of hydrogen-bond donors (Lipinski definition) is 0. The number of aromatic nitrogens is 2. The first-order chi connectivity index (χ1) is 15.8. The third kappa shape index (κ3) is 8.20. The van der Waals surface area contributed by atoms with Gasteiger partial charge in [0, 0.05) is 38.7 Å². The van der Waals surface area contributed by atoms with Crippen LogP contribution in [0.25, 0.3) is 0 Å². The minimum atomic E-state index is -0.477. The average Bonchev–Trinajstić information content (AvgIpc) is 2.81. The van der Waals surface area contributed by atoms with Crippen LogP contribution in [0, 0.1) is 0 Å². The number of carbonyl (C=O) groups is 1. The number of rotatable bonds is 9. The van der Waals surface area contributed by atoms with Crippen molar-refractivity contribution in [1.29, 1.82) is 0 Å². The van der Waals surface area contributed by atoms with Crippen LogP contribution in [0.5, 0.6) is 5.75 Å². The first kappa shape index (κ1) is 24.8. The highest BCUT2D eigenvalue weighted by Crippen LogP contribution is 2.24. The number of nitrogens with zero attached hydrogens (tertiary/aromatic N) is 4. The highest BCUT2D eigenvalue weighted by molar-refractivity contribution is 5.68. The summed E-state index contributed by atoms with van der Waals surface area (Å²) in [5, 5.41) is 8.38. The van der Waals surface area contributed by atoms with Gasteiger partial charge in [0.05, 0.1) is 26.0 Å². The van der Waals surface area contributed by atoms with Gasteiger partial charge in [-0.05, 0) is 39.2 Å². The molecule has 8 nitrogen and oxygen atoms in total. The third-order valence-electron chi connectivity index (χ3n) is 5.46.